The Morgan fingerprint density at radius 2 is 1.84 bits per heavy atom. The molecule has 0 radical (unpaired) electrons. The molecule has 0 saturated carbocycles. The van der Waals surface area contributed by atoms with Crippen LogP contribution in [0.2, 0.25) is 5.02 Å². The van der Waals surface area contributed by atoms with Gasteiger partial charge < -0.3 is 18.8 Å². The molecule has 1 aliphatic rings. The van der Waals surface area contributed by atoms with Gasteiger partial charge in [0.2, 0.25) is 0 Å². The number of esters is 1. The standard InChI is InChI=1S/C31H24ClF3N4O4/c1-41-30(40)17-3-5-27-28(11-17)39(15-21-7-9-42-21)29(37-27)12-19-10-25(35)22(14-24(19)34)26-6-8-36-31(38-26)43-16-18-2-4-20(32)13-23(18)33/h2-6,8,10-11,13-14,21H,7,9,12,15-16H2,1H3/t21-/m0/s1. The van der Waals surface area contributed by atoms with Crippen LogP contribution in [0.1, 0.15) is 33.7 Å². The second-order valence-corrected chi connectivity index (χ2v) is 10.4. The van der Waals surface area contributed by atoms with Gasteiger partial charge in [-0.05, 0) is 60.5 Å². The van der Waals surface area contributed by atoms with Crippen LogP contribution >= 0.6 is 11.6 Å². The number of methoxy groups -OCH3 is 1. The number of nitrogens with zero attached hydrogens (tertiary/aromatic N) is 4. The molecule has 2 aromatic heterocycles. The van der Waals surface area contributed by atoms with Crippen molar-refractivity contribution in [2.24, 2.45) is 0 Å². The van der Waals surface area contributed by atoms with Gasteiger partial charge in [0.1, 0.15) is 29.9 Å². The third kappa shape index (κ3) is 6.04. The summed E-state index contributed by atoms with van der Waals surface area (Å²) in [4.78, 5) is 25.0. The minimum Gasteiger partial charge on any atom is -0.465 e. The number of fused-ring (bicyclic) bond motifs is 1. The van der Waals surface area contributed by atoms with Gasteiger partial charge >= 0.3 is 12.0 Å². The minimum absolute atomic E-state index is 0.0111. The van der Waals surface area contributed by atoms with Gasteiger partial charge in [-0.25, -0.2) is 27.9 Å². The maximum absolute atomic E-state index is 15.5. The first-order valence-electron chi connectivity index (χ1n) is 13.4. The smallest absolute Gasteiger partial charge is 0.337 e. The number of imidazole rings is 1. The summed E-state index contributed by atoms with van der Waals surface area (Å²) in [5, 5.41) is 0.248. The van der Waals surface area contributed by atoms with Crippen molar-refractivity contribution < 1.29 is 32.2 Å². The Morgan fingerprint density at radius 3 is 2.58 bits per heavy atom. The van der Waals surface area contributed by atoms with Crippen molar-refractivity contribution in [1.29, 1.82) is 0 Å². The van der Waals surface area contributed by atoms with Gasteiger partial charge in [0.15, 0.2) is 0 Å². The molecule has 0 spiro atoms. The highest BCUT2D eigenvalue weighted by molar-refractivity contribution is 6.30. The summed E-state index contributed by atoms with van der Waals surface area (Å²) in [5.41, 5.74) is 1.94. The summed E-state index contributed by atoms with van der Waals surface area (Å²) < 4.78 is 62.8. The van der Waals surface area contributed by atoms with Crippen LogP contribution in [0.25, 0.3) is 22.3 Å². The average Bonchev–Trinajstić information content (AvgIpc) is 3.31. The number of carbonyl (C=O) groups excluding carboxylic acids is 1. The van der Waals surface area contributed by atoms with Gasteiger partial charge in [0.05, 0.1) is 42.0 Å². The van der Waals surface area contributed by atoms with Gasteiger partial charge in [0, 0.05) is 35.4 Å². The van der Waals surface area contributed by atoms with E-state index in [0.717, 1.165) is 24.6 Å². The third-order valence-corrected chi connectivity index (χ3v) is 7.43. The van der Waals surface area contributed by atoms with E-state index in [-0.39, 0.29) is 52.5 Å². The second kappa shape index (κ2) is 12.0. The molecular weight excluding hydrogens is 585 g/mol. The first kappa shape index (κ1) is 28.6. The lowest BCUT2D eigenvalue weighted by Crippen LogP contribution is -2.31. The van der Waals surface area contributed by atoms with Crippen molar-refractivity contribution in [1.82, 2.24) is 19.5 Å². The highest BCUT2D eigenvalue weighted by Crippen LogP contribution is 2.29. The highest BCUT2D eigenvalue weighted by Gasteiger charge is 2.24. The Labute approximate surface area is 249 Å². The summed E-state index contributed by atoms with van der Waals surface area (Å²) >= 11 is 5.79. The fourth-order valence-electron chi connectivity index (χ4n) is 4.82. The molecule has 1 fully saturated rings. The van der Waals surface area contributed by atoms with Crippen molar-refractivity contribution in [3.05, 3.63) is 106 Å². The van der Waals surface area contributed by atoms with Crippen LogP contribution in [0.3, 0.4) is 0 Å². The van der Waals surface area contributed by atoms with Crippen LogP contribution in [-0.2, 0) is 29.0 Å². The Bertz CT molecular complexity index is 1840. The zero-order valence-corrected chi connectivity index (χ0v) is 23.6. The average molecular weight is 609 g/mol. The van der Waals surface area contributed by atoms with E-state index in [1.807, 2.05) is 4.57 Å². The zero-order chi connectivity index (χ0) is 30.1. The lowest BCUT2D eigenvalue weighted by molar-refractivity contribution is -0.0589. The Morgan fingerprint density at radius 1 is 1.02 bits per heavy atom. The molecule has 12 heteroatoms. The number of rotatable bonds is 9. The number of aromatic nitrogens is 4. The van der Waals surface area contributed by atoms with Crippen molar-refractivity contribution in [3.63, 3.8) is 0 Å². The van der Waals surface area contributed by atoms with Crippen LogP contribution in [-0.4, -0.2) is 45.3 Å². The monoisotopic (exact) mass is 608 g/mol. The first-order valence-corrected chi connectivity index (χ1v) is 13.7. The van der Waals surface area contributed by atoms with Crippen LogP contribution in [0, 0.1) is 17.5 Å². The molecular formula is C31H24ClF3N4O4. The SMILES string of the molecule is COC(=O)c1ccc2nc(Cc3cc(F)c(-c4ccnc(OCc5ccc(Cl)cc5F)n4)cc3F)n(C[C@@H]3CCO3)c2c1. The molecule has 0 unspecified atom stereocenters. The molecule has 0 N–H and O–H groups in total. The zero-order valence-electron chi connectivity index (χ0n) is 22.8. The highest BCUT2D eigenvalue weighted by atomic mass is 35.5. The summed E-state index contributed by atoms with van der Waals surface area (Å²) in [5.74, 6) is -1.91. The largest absolute Gasteiger partial charge is 0.465 e. The fourth-order valence-corrected chi connectivity index (χ4v) is 4.98. The van der Waals surface area contributed by atoms with Gasteiger partial charge in [-0.3, -0.25) is 0 Å². The molecule has 43 heavy (non-hydrogen) atoms. The summed E-state index contributed by atoms with van der Waals surface area (Å²) in [7, 11) is 1.30. The Hall–Kier alpha value is -4.48. The van der Waals surface area contributed by atoms with E-state index in [1.54, 1.807) is 18.2 Å². The van der Waals surface area contributed by atoms with E-state index in [1.165, 1.54) is 31.5 Å². The van der Waals surface area contributed by atoms with Crippen LogP contribution in [0.5, 0.6) is 6.01 Å². The molecule has 3 heterocycles. The number of carbonyl (C=O) groups is 1. The van der Waals surface area contributed by atoms with Crippen molar-refractivity contribution in [3.8, 4) is 17.3 Å². The number of hydrogen-bond donors (Lipinski definition) is 0. The van der Waals surface area contributed by atoms with E-state index < -0.39 is 23.4 Å². The number of ether oxygens (including phenoxy) is 3. The van der Waals surface area contributed by atoms with Gasteiger partial charge in [-0.2, -0.15) is 4.98 Å². The van der Waals surface area contributed by atoms with E-state index in [0.29, 0.717) is 35.6 Å². The molecule has 8 nitrogen and oxygen atoms in total. The fraction of sp³-hybridized carbons (Fsp3) is 0.226. The summed E-state index contributed by atoms with van der Waals surface area (Å²) in [6.45, 7) is 0.910. The molecule has 3 aromatic carbocycles. The Kier molecular flexibility index (Phi) is 8.00. The molecule has 5 aromatic rings. The molecule has 1 aliphatic heterocycles. The normalized spacial score (nSPS) is 14.5. The van der Waals surface area contributed by atoms with Gasteiger partial charge in [-0.1, -0.05) is 17.7 Å². The van der Waals surface area contributed by atoms with Gasteiger partial charge in [0.25, 0.3) is 0 Å². The number of halogens is 4. The molecule has 6 rings (SSSR count). The van der Waals surface area contributed by atoms with E-state index in [9.17, 15) is 9.18 Å². The van der Waals surface area contributed by atoms with Gasteiger partial charge in [-0.15, -0.1) is 0 Å². The minimum atomic E-state index is -0.706. The molecule has 0 amide bonds. The van der Waals surface area contributed by atoms with E-state index in [2.05, 4.69) is 15.0 Å². The molecule has 0 bridgehead atoms. The lowest BCUT2D eigenvalue weighted by Gasteiger charge is -2.27. The third-order valence-electron chi connectivity index (χ3n) is 7.19. The topological polar surface area (TPSA) is 88.4 Å². The summed E-state index contributed by atoms with van der Waals surface area (Å²) in [6.07, 6.45) is 2.14. The molecule has 220 valence electrons. The number of benzene rings is 3. The molecule has 0 aliphatic carbocycles. The first-order chi connectivity index (χ1) is 20.8. The van der Waals surface area contributed by atoms with Crippen molar-refractivity contribution in [2.75, 3.05) is 13.7 Å². The van der Waals surface area contributed by atoms with Crippen molar-refractivity contribution in [2.45, 2.75) is 32.1 Å². The molecule has 1 saturated heterocycles. The van der Waals surface area contributed by atoms with Crippen LogP contribution in [0.15, 0.2) is 60.8 Å². The molecule has 1 atom stereocenters. The predicted molar refractivity (Wildman–Crippen MR) is 151 cm³/mol. The maximum Gasteiger partial charge on any atom is 0.337 e. The quantitative estimate of drug-likeness (QED) is 0.181. The van der Waals surface area contributed by atoms with E-state index >= 15 is 8.78 Å². The maximum atomic E-state index is 15.5. The number of hydrogen-bond acceptors (Lipinski definition) is 7. The van der Waals surface area contributed by atoms with Crippen LogP contribution in [0.4, 0.5) is 13.2 Å². The predicted octanol–water partition coefficient (Wildman–Crippen LogP) is 6.31. The Balaban J connectivity index is 1.27. The second-order valence-electron chi connectivity index (χ2n) is 9.96. The summed E-state index contributed by atoms with van der Waals surface area (Å²) in [6, 6.07) is 12.6. The van der Waals surface area contributed by atoms with E-state index in [4.69, 9.17) is 25.8 Å². The lowest BCUT2D eigenvalue weighted by atomic mass is 10.0. The van der Waals surface area contributed by atoms with Crippen LogP contribution < -0.4 is 4.74 Å². The van der Waals surface area contributed by atoms with Crippen molar-refractivity contribution >= 4 is 28.6 Å².